The second-order valence-electron chi connectivity index (χ2n) is 6.67. The van der Waals surface area contributed by atoms with E-state index < -0.39 is 0 Å². The van der Waals surface area contributed by atoms with E-state index in [2.05, 4.69) is 15.3 Å². The van der Waals surface area contributed by atoms with Crippen LogP contribution in [0, 0.1) is 5.92 Å². The SMILES string of the molecule is O=C(NCc1ncc[nH]1)[C@@H]1CCC(=O)N(CCCN2CCCC2=O)C1. The van der Waals surface area contributed by atoms with E-state index in [1.54, 1.807) is 17.3 Å². The lowest BCUT2D eigenvalue weighted by molar-refractivity contribution is -0.138. The van der Waals surface area contributed by atoms with Crippen LogP contribution in [0.3, 0.4) is 0 Å². The molecule has 1 aromatic rings. The molecule has 2 fully saturated rings. The number of amides is 3. The summed E-state index contributed by atoms with van der Waals surface area (Å²) in [5, 5.41) is 2.87. The first-order chi connectivity index (χ1) is 12.1. The Morgan fingerprint density at radius 1 is 1.24 bits per heavy atom. The number of nitrogens with one attached hydrogen (secondary N) is 2. The highest BCUT2D eigenvalue weighted by atomic mass is 16.2. The minimum atomic E-state index is -0.180. The number of H-pyrrole nitrogens is 1. The summed E-state index contributed by atoms with van der Waals surface area (Å²) in [5.41, 5.74) is 0. The van der Waals surface area contributed by atoms with Crippen molar-refractivity contribution in [2.24, 2.45) is 5.92 Å². The highest BCUT2D eigenvalue weighted by molar-refractivity contribution is 5.83. The van der Waals surface area contributed by atoms with Crippen molar-refractivity contribution in [2.75, 3.05) is 26.2 Å². The number of carbonyl (C=O) groups is 3. The Hall–Kier alpha value is -2.38. The summed E-state index contributed by atoms with van der Waals surface area (Å²) in [5.74, 6) is 0.806. The van der Waals surface area contributed by atoms with E-state index in [4.69, 9.17) is 0 Å². The van der Waals surface area contributed by atoms with Gasteiger partial charge in [0.25, 0.3) is 0 Å². The van der Waals surface area contributed by atoms with Crippen LogP contribution < -0.4 is 5.32 Å². The van der Waals surface area contributed by atoms with E-state index in [0.29, 0.717) is 51.3 Å². The van der Waals surface area contributed by atoms with Gasteiger partial charge in [-0.05, 0) is 19.3 Å². The third-order valence-corrected chi connectivity index (χ3v) is 4.88. The topological polar surface area (TPSA) is 98.4 Å². The van der Waals surface area contributed by atoms with Gasteiger partial charge in [0.2, 0.25) is 17.7 Å². The van der Waals surface area contributed by atoms with Gasteiger partial charge in [0, 0.05) is 51.4 Å². The van der Waals surface area contributed by atoms with Gasteiger partial charge >= 0.3 is 0 Å². The van der Waals surface area contributed by atoms with E-state index in [1.165, 1.54) is 0 Å². The summed E-state index contributed by atoms with van der Waals surface area (Å²) < 4.78 is 0. The molecule has 0 bridgehead atoms. The number of aromatic amines is 1. The molecule has 2 aliphatic rings. The van der Waals surface area contributed by atoms with E-state index in [9.17, 15) is 14.4 Å². The summed E-state index contributed by atoms with van der Waals surface area (Å²) in [6.45, 7) is 2.94. The van der Waals surface area contributed by atoms with Crippen LogP contribution in [0.2, 0.25) is 0 Å². The summed E-state index contributed by atoms with van der Waals surface area (Å²) in [6.07, 6.45) is 6.69. The van der Waals surface area contributed by atoms with E-state index in [0.717, 1.165) is 19.4 Å². The standard InChI is InChI=1S/C17H25N5O3/c23-15-3-1-8-21(15)9-2-10-22-12-13(4-5-16(22)24)17(25)20-11-14-18-6-7-19-14/h6-7,13H,1-5,8-12H2,(H,18,19)(H,20,25)/t13-/m1/s1. The first kappa shape index (κ1) is 17.4. The molecule has 0 unspecified atom stereocenters. The van der Waals surface area contributed by atoms with Gasteiger partial charge in [0.15, 0.2) is 0 Å². The van der Waals surface area contributed by atoms with Gasteiger partial charge in [0.1, 0.15) is 5.82 Å². The Labute approximate surface area is 147 Å². The summed E-state index contributed by atoms with van der Waals surface area (Å²) in [4.78, 5) is 46.7. The van der Waals surface area contributed by atoms with Crippen molar-refractivity contribution in [3.05, 3.63) is 18.2 Å². The van der Waals surface area contributed by atoms with Crippen molar-refractivity contribution < 1.29 is 14.4 Å². The summed E-state index contributed by atoms with van der Waals surface area (Å²) in [7, 11) is 0. The molecule has 2 N–H and O–H groups in total. The molecule has 2 aliphatic heterocycles. The monoisotopic (exact) mass is 347 g/mol. The molecule has 136 valence electrons. The molecule has 0 aliphatic carbocycles. The van der Waals surface area contributed by atoms with Crippen LogP contribution in [0.25, 0.3) is 0 Å². The van der Waals surface area contributed by atoms with Crippen LogP contribution in [0.1, 0.15) is 37.9 Å². The first-order valence-corrected chi connectivity index (χ1v) is 8.95. The average molecular weight is 347 g/mol. The zero-order valence-corrected chi connectivity index (χ0v) is 14.4. The summed E-state index contributed by atoms with van der Waals surface area (Å²) >= 11 is 0. The molecule has 0 saturated carbocycles. The maximum Gasteiger partial charge on any atom is 0.225 e. The van der Waals surface area contributed by atoms with Gasteiger partial charge in [0.05, 0.1) is 12.5 Å². The van der Waals surface area contributed by atoms with Gasteiger partial charge in [-0.1, -0.05) is 0 Å². The molecule has 0 spiro atoms. The first-order valence-electron chi connectivity index (χ1n) is 8.95. The van der Waals surface area contributed by atoms with Crippen LogP contribution >= 0.6 is 0 Å². The normalized spacial score (nSPS) is 21.0. The largest absolute Gasteiger partial charge is 0.349 e. The molecule has 0 aromatic carbocycles. The Balaban J connectivity index is 1.43. The molecule has 3 amide bonds. The maximum atomic E-state index is 12.3. The van der Waals surface area contributed by atoms with Crippen LogP contribution in [0.15, 0.2) is 12.4 Å². The van der Waals surface area contributed by atoms with Gasteiger partial charge in [-0.25, -0.2) is 4.98 Å². The Morgan fingerprint density at radius 3 is 2.76 bits per heavy atom. The minimum Gasteiger partial charge on any atom is -0.349 e. The number of imidazole rings is 1. The van der Waals surface area contributed by atoms with E-state index >= 15 is 0 Å². The number of hydrogen-bond donors (Lipinski definition) is 2. The van der Waals surface area contributed by atoms with Crippen LogP contribution in [-0.4, -0.2) is 63.7 Å². The van der Waals surface area contributed by atoms with Crippen LogP contribution in [0.4, 0.5) is 0 Å². The minimum absolute atomic E-state index is 0.0383. The summed E-state index contributed by atoms with van der Waals surface area (Å²) in [6, 6.07) is 0. The van der Waals surface area contributed by atoms with Crippen LogP contribution in [-0.2, 0) is 20.9 Å². The van der Waals surface area contributed by atoms with Crippen LogP contribution in [0.5, 0.6) is 0 Å². The smallest absolute Gasteiger partial charge is 0.225 e. The molecule has 1 atom stereocenters. The molecule has 0 radical (unpaired) electrons. The fraction of sp³-hybridized carbons (Fsp3) is 0.647. The number of aromatic nitrogens is 2. The highest BCUT2D eigenvalue weighted by Crippen LogP contribution is 2.19. The second-order valence-corrected chi connectivity index (χ2v) is 6.67. The zero-order chi connectivity index (χ0) is 17.6. The number of rotatable bonds is 7. The van der Waals surface area contributed by atoms with Gasteiger partial charge in [-0.2, -0.15) is 0 Å². The van der Waals surface area contributed by atoms with E-state index in [-0.39, 0.29) is 23.6 Å². The van der Waals surface area contributed by atoms with Crippen molar-refractivity contribution >= 4 is 17.7 Å². The van der Waals surface area contributed by atoms with Gasteiger partial charge in [-0.3, -0.25) is 14.4 Å². The molecule has 8 heteroatoms. The zero-order valence-electron chi connectivity index (χ0n) is 14.4. The Bertz CT molecular complexity index is 616. The van der Waals surface area contributed by atoms with Gasteiger partial charge < -0.3 is 20.1 Å². The maximum absolute atomic E-state index is 12.3. The molecule has 8 nitrogen and oxygen atoms in total. The van der Waals surface area contributed by atoms with Crippen molar-refractivity contribution in [1.29, 1.82) is 0 Å². The molecule has 3 rings (SSSR count). The Kier molecular flexibility index (Phi) is 5.67. The van der Waals surface area contributed by atoms with Crippen molar-refractivity contribution in [3.8, 4) is 0 Å². The molecular weight excluding hydrogens is 322 g/mol. The van der Waals surface area contributed by atoms with E-state index in [1.807, 2.05) is 4.90 Å². The fourth-order valence-corrected chi connectivity index (χ4v) is 3.45. The highest BCUT2D eigenvalue weighted by Gasteiger charge is 2.30. The lowest BCUT2D eigenvalue weighted by Gasteiger charge is -2.32. The third-order valence-electron chi connectivity index (χ3n) is 4.88. The second kappa shape index (κ2) is 8.13. The molecule has 25 heavy (non-hydrogen) atoms. The van der Waals surface area contributed by atoms with Crippen molar-refractivity contribution in [3.63, 3.8) is 0 Å². The van der Waals surface area contributed by atoms with Crippen molar-refractivity contribution in [1.82, 2.24) is 25.1 Å². The third kappa shape index (κ3) is 4.58. The molecular formula is C17H25N5O3. The average Bonchev–Trinajstić information content (AvgIpc) is 3.26. The van der Waals surface area contributed by atoms with Gasteiger partial charge in [-0.15, -0.1) is 0 Å². The number of piperidine rings is 1. The lowest BCUT2D eigenvalue weighted by Crippen LogP contribution is -2.46. The lowest BCUT2D eigenvalue weighted by atomic mass is 9.96. The Morgan fingerprint density at radius 2 is 2.04 bits per heavy atom. The molecule has 2 saturated heterocycles. The fourth-order valence-electron chi connectivity index (χ4n) is 3.45. The molecule has 1 aromatic heterocycles. The number of carbonyl (C=O) groups excluding carboxylic acids is 3. The molecule has 3 heterocycles. The number of likely N-dealkylation sites (tertiary alicyclic amines) is 2. The number of hydrogen-bond acceptors (Lipinski definition) is 4. The predicted molar refractivity (Wildman–Crippen MR) is 90.2 cm³/mol. The van der Waals surface area contributed by atoms with Crippen molar-refractivity contribution in [2.45, 2.75) is 38.6 Å². The predicted octanol–water partition coefficient (Wildman–Crippen LogP) is 0.277. The number of nitrogens with zero attached hydrogens (tertiary/aromatic N) is 3. The quantitative estimate of drug-likeness (QED) is 0.740.